The van der Waals surface area contributed by atoms with E-state index in [-0.39, 0.29) is 24.2 Å². The maximum Gasteiger partial charge on any atom is 0.338 e. The highest BCUT2D eigenvalue weighted by molar-refractivity contribution is 7.84. The summed E-state index contributed by atoms with van der Waals surface area (Å²) in [6.07, 6.45) is 10.8. The normalized spacial score (nSPS) is 51.1. The molecule has 4 heterocycles. The molecule has 7 rings (SSSR count). The van der Waals surface area contributed by atoms with E-state index in [0.717, 1.165) is 51.2 Å². The minimum Gasteiger partial charge on any atom is -0.379 e. The van der Waals surface area contributed by atoms with Crippen molar-refractivity contribution in [2.75, 3.05) is 32.9 Å². The summed E-state index contributed by atoms with van der Waals surface area (Å²) in [5.74, 6) is 3.11. The molecule has 9 nitrogen and oxygen atoms in total. The third-order valence-corrected chi connectivity index (χ3v) is 13.0. The Morgan fingerprint density at radius 1 is 0.872 bits per heavy atom. The number of hydrogen-bond donors (Lipinski definition) is 2. The molecule has 0 aromatic heterocycles. The second kappa shape index (κ2) is 12.1. The van der Waals surface area contributed by atoms with Crippen LogP contribution in [0.1, 0.15) is 85.0 Å². The molecule has 3 saturated carbocycles. The lowest BCUT2D eigenvalue weighted by Gasteiger charge is -2.48. The Labute approximate surface area is 236 Å². The van der Waals surface area contributed by atoms with Gasteiger partial charge in [-0.3, -0.25) is 4.18 Å². The van der Waals surface area contributed by atoms with E-state index < -0.39 is 10.3 Å². The van der Waals surface area contributed by atoms with E-state index in [1.54, 1.807) is 4.31 Å². The predicted octanol–water partition coefficient (Wildman–Crippen LogP) is 3.48. The maximum absolute atomic E-state index is 13.4. The van der Waals surface area contributed by atoms with Crippen molar-refractivity contribution in [1.29, 1.82) is 0 Å². The zero-order valence-corrected chi connectivity index (χ0v) is 25.1. The number of ether oxygens (including phenoxy) is 2. The van der Waals surface area contributed by atoms with Crippen molar-refractivity contribution in [3.05, 3.63) is 0 Å². The van der Waals surface area contributed by atoms with Crippen molar-refractivity contribution in [3.8, 4) is 0 Å². The van der Waals surface area contributed by atoms with Crippen LogP contribution in [0.25, 0.3) is 0 Å². The quantitative estimate of drug-likeness (QED) is 0.459. The summed E-state index contributed by atoms with van der Waals surface area (Å²) in [6, 6.07) is 0.990. The summed E-state index contributed by atoms with van der Waals surface area (Å²) in [5, 5.41) is 2.41. The molecule has 4 aliphatic heterocycles. The average Bonchev–Trinajstić information content (AvgIpc) is 3.33. The van der Waals surface area contributed by atoms with Gasteiger partial charge in [0, 0.05) is 43.7 Å². The molecular weight excluding hydrogens is 516 g/mol. The van der Waals surface area contributed by atoms with Crippen molar-refractivity contribution < 1.29 is 22.1 Å². The van der Waals surface area contributed by atoms with Gasteiger partial charge in [-0.15, -0.1) is 0 Å². The van der Waals surface area contributed by atoms with E-state index in [4.69, 9.17) is 13.7 Å². The van der Waals surface area contributed by atoms with Crippen LogP contribution in [-0.4, -0.2) is 81.0 Å². The van der Waals surface area contributed by atoms with Gasteiger partial charge in [0.15, 0.2) is 0 Å². The Hall–Kier alpha value is -0.330. The zero-order chi connectivity index (χ0) is 27.1. The van der Waals surface area contributed by atoms with Gasteiger partial charge in [0.1, 0.15) is 0 Å². The number of hydrazine groups is 2. The predicted molar refractivity (Wildman–Crippen MR) is 150 cm³/mol. The fourth-order valence-electron chi connectivity index (χ4n) is 9.10. The number of nitrogens with one attached hydrogen (secondary N) is 2. The van der Waals surface area contributed by atoms with Gasteiger partial charge in [-0.1, -0.05) is 26.7 Å². The van der Waals surface area contributed by atoms with Gasteiger partial charge < -0.3 is 9.47 Å². The van der Waals surface area contributed by atoms with Gasteiger partial charge >= 0.3 is 10.3 Å². The number of nitrogens with zero attached hydrogens (tertiary/aromatic N) is 2. The van der Waals surface area contributed by atoms with E-state index in [1.807, 2.05) is 0 Å². The molecular formula is C29H52N4O5S. The van der Waals surface area contributed by atoms with E-state index in [9.17, 15) is 8.42 Å². The lowest BCUT2D eigenvalue weighted by atomic mass is 9.65. The summed E-state index contributed by atoms with van der Waals surface area (Å²) in [7, 11) is -3.72. The van der Waals surface area contributed by atoms with E-state index in [0.29, 0.717) is 55.5 Å². The second-order valence-corrected chi connectivity index (χ2v) is 15.2. The summed E-state index contributed by atoms with van der Waals surface area (Å²) in [5.41, 5.74) is 7.12. The first-order valence-corrected chi connectivity index (χ1v) is 17.3. The van der Waals surface area contributed by atoms with Gasteiger partial charge in [-0.05, 0) is 87.9 Å². The Bertz CT molecular complexity index is 939. The number of rotatable bonds is 0. The monoisotopic (exact) mass is 568 g/mol. The topological polar surface area (TPSA) is 92.4 Å². The van der Waals surface area contributed by atoms with Crippen LogP contribution < -0.4 is 11.0 Å². The van der Waals surface area contributed by atoms with Gasteiger partial charge in [0.2, 0.25) is 0 Å². The molecule has 0 aromatic carbocycles. The van der Waals surface area contributed by atoms with Crippen LogP contribution >= 0.6 is 0 Å². The molecule has 4 saturated heterocycles. The van der Waals surface area contributed by atoms with Crippen molar-refractivity contribution in [3.63, 3.8) is 0 Å². The molecule has 10 heteroatoms. The lowest BCUT2D eigenvalue weighted by molar-refractivity contribution is -0.0613. The fraction of sp³-hybridized carbons (Fsp3) is 1.00. The highest BCUT2D eigenvalue weighted by Gasteiger charge is 2.48. The van der Waals surface area contributed by atoms with Crippen LogP contribution in [0.5, 0.6) is 0 Å². The summed E-state index contributed by atoms with van der Waals surface area (Å²) < 4.78 is 46.5. The highest BCUT2D eigenvalue weighted by atomic mass is 32.2. The molecule has 3 aliphatic carbocycles. The average molecular weight is 569 g/mol. The van der Waals surface area contributed by atoms with E-state index >= 15 is 0 Å². The van der Waals surface area contributed by atoms with Gasteiger partial charge in [-0.25, -0.2) is 10.4 Å². The molecule has 224 valence electrons. The Morgan fingerprint density at radius 2 is 1.74 bits per heavy atom. The molecule has 0 amide bonds. The Morgan fingerprint density at radius 3 is 2.62 bits per heavy atom. The summed E-state index contributed by atoms with van der Waals surface area (Å²) >= 11 is 0. The van der Waals surface area contributed by atoms with Crippen LogP contribution in [0.15, 0.2) is 0 Å². The first-order chi connectivity index (χ1) is 18.8. The zero-order valence-electron chi connectivity index (χ0n) is 24.3. The molecule has 7 fully saturated rings. The second-order valence-electron chi connectivity index (χ2n) is 13.7. The molecule has 13 atom stereocenters. The minimum absolute atomic E-state index is 0.0382. The Balaban J connectivity index is 1.19. The number of hydrogen-bond acceptors (Lipinski definition) is 8. The molecule has 39 heavy (non-hydrogen) atoms. The SMILES string of the molecule is CC1CCC2CC3CCC4C(NNN4CCCOCCOC4CCC5OS(=O)(=O)N(CC5C4)[C@H](C)C1C2)C3C. The molecule has 0 spiro atoms. The van der Waals surface area contributed by atoms with Crippen molar-refractivity contribution in [2.45, 2.75) is 115 Å². The summed E-state index contributed by atoms with van der Waals surface area (Å²) in [6.45, 7) is 10.4. The van der Waals surface area contributed by atoms with Crippen molar-refractivity contribution in [2.24, 2.45) is 35.5 Å². The van der Waals surface area contributed by atoms with E-state index in [1.165, 1.54) is 32.1 Å². The minimum atomic E-state index is -3.72. The smallest absolute Gasteiger partial charge is 0.338 e. The van der Waals surface area contributed by atoms with Crippen molar-refractivity contribution in [1.82, 2.24) is 20.3 Å². The number of fused-ring (bicyclic) bond motifs is 7. The third kappa shape index (κ3) is 6.10. The molecule has 9 bridgehead atoms. The molecule has 2 N–H and O–H groups in total. The van der Waals surface area contributed by atoms with Crippen LogP contribution in [0.3, 0.4) is 0 Å². The first-order valence-electron chi connectivity index (χ1n) is 16.0. The first kappa shape index (κ1) is 28.8. The summed E-state index contributed by atoms with van der Waals surface area (Å²) in [4.78, 5) is 0. The fourth-order valence-corrected chi connectivity index (χ4v) is 10.7. The standard InChI is InChI=1S/C29H52N4O5S/c1-19-5-6-22-15-23-7-9-27-29(20(23)2)30-31-32(27)11-4-12-36-13-14-37-25-8-10-28-24(17-25)18-33(39(34,35)38-28)21(3)26(19)16-22/h19-31H,4-18H2,1-3H3/t19?,20?,21-,22?,23?,24?,25?,26?,27?,28?,29?/m1/s1. The van der Waals surface area contributed by atoms with Crippen LogP contribution in [0, 0.1) is 35.5 Å². The maximum atomic E-state index is 13.4. The molecule has 7 aliphatic rings. The lowest BCUT2D eigenvalue weighted by Crippen LogP contribution is -2.56. The van der Waals surface area contributed by atoms with E-state index in [2.05, 4.69) is 36.7 Å². The van der Waals surface area contributed by atoms with Crippen LogP contribution in [0.2, 0.25) is 0 Å². The molecule has 0 aromatic rings. The van der Waals surface area contributed by atoms with Crippen molar-refractivity contribution >= 4 is 10.3 Å². The van der Waals surface area contributed by atoms with Gasteiger partial charge in [-0.2, -0.15) is 18.3 Å². The van der Waals surface area contributed by atoms with Crippen LogP contribution in [-0.2, 0) is 24.0 Å². The highest BCUT2D eigenvalue weighted by Crippen LogP contribution is 2.45. The largest absolute Gasteiger partial charge is 0.379 e. The molecule has 0 radical (unpaired) electrons. The molecule has 12 unspecified atom stereocenters. The van der Waals surface area contributed by atoms with Gasteiger partial charge in [0.25, 0.3) is 0 Å². The Kier molecular flexibility index (Phi) is 8.94. The third-order valence-electron chi connectivity index (χ3n) is 11.5. The van der Waals surface area contributed by atoms with Gasteiger partial charge in [0.05, 0.1) is 25.4 Å². The van der Waals surface area contributed by atoms with Crippen LogP contribution in [0.4, 0.5) is 0 Å².